The zero-order valence-corrected chi connectivity index (χ0v) is 8.61. The van der Waals surface area contributed by atoms with Gasteiger partial charge in [-0.25, -0.2) is 4.98 Å². The van der Waals surface area contributed by atoms with Gasteiger partial charge >= 0.3 is 0 Å². The summed E-state index contributed by atoms with van der Waals surface area (Å²) in [5, 5.41) is 0.296. The highest BCUT2D eigenvalue weighted by Gasteiger charge is 1.98. The fourth-order valence-corrected chi connectivity index (χ4v) is 1.59. The van der Waals surface area contributed by atoms with Crippen LogP contribution in [0.1, 0.15) is 22.5 Å². The Kier molecular flexibility index (Phi) is 4.97. The summed E-state index contributed by atoms with van der Waals surface area (Å²) >= 11 is 6.65. The first-order chi connectivity index (χ1) is 6.34. The molecule has 0 atom stereocenters. The summed E-state index contributed by atoms with van der Waals surface area (Å²) in [6.07, 6.45) is 3.25. The summed E-state index contributed by atoms with van der Waals surface area (Å²) < 4.78 is 4.94. The van der Waals surface area contributed by atoms with Crippen LogP contribution >= 0.6 is 22.9 Å². The number of halogens is 1. The maximum atomic E-state index is 9.97. The van der Waals surface area contributed by atoms with E-state index in [-0.39, 0.29) is 0 Å². The van der Waals surface area contributed by atoms with Crippen LogP contribution in [0.3, 0.4) is 0 Å². The molecule has 13 heavy (non-hydrogen) atoms. The SMILES string of the molecule is C1CCOC1.O=Cc1scnc1Cl. The van der Waals surface area contributed by atoms with Crippen molar-refractivity contribution in [2.75, 3.05) is 13.2 Å². The highest BCUT2D eigenvalue weighted by Crippen LogP contribution is 2.14. The predicted octanol–water partition coefficient (Wildman–Crippen LogP) is 2.41. The molecule has 3 nitrogen and oxygen atoms in total. The second kappa shape index (κ2) is 6.07. The molecule has 2 rings (SSSR count). The molecule has 72 valence electrons. The maximum Gasteiger partial charge on any atom is 0.163 e. The third-order valence-electron chi connectivity index (χ3n) is 1.48. The second-order valence-corrected chi connectivity index (χ2v) is 3.69. The van der Waals surface area contributed by atoms with Gasteiger partial charge < -0.3 is 4.74 Å². The minimum absolute atomic E-state index is 0.296. The zero-order chi connectivity index (χ0) is 9.52. The van der Waals surface area contributed by atoms with Crippen LogP contribution in [0, 0.1) is 0 Å². The van der Waals surface area contributed by atoms with Gasteiger partial charge in [-0.05, 0) is 12.8 Å². The van der Waals surface area contributed by atoms with Crippen LogP contribution in [0.25, 0.3) is 0 Å². The van der Waals surface area contributed by atoms with E-state index in [1.54, 1.807) is 0 Å². The fraction of sp³-hybridized carbons (Fsp3) is 0.500. The van der Waals surface area contributed by atoms with Crippen LogP contribution in [0.2, 0.25) is 5.15 Å². The lowest BCUT2D eigenvalue weighted by Gasteiger charge is -1.76. The van der Waals surface area contributed by atoms with Crippen LogP contribution in [0.5, 0.6) is 0 Å². The molecule has 1 aliphatic heterocycles. The number of carbonyl (C=O) groups excluding carboxylic acids is 1. The Morgan fingerprint density at radius 2 is 2.23 bits per heavy atom. The number of aldehydes is 1. The topological polar surface area (TPSA) is 39.2 Å². The average molecular weight is 220 g/mol. The van der Waals surface area contributed by atoms with Crippen molar-refractivity contribution in [1.82, 2.24) is 4.98 Å². The van der Waals surface area contributed by atoms with Crippen LogP contribution in [-0.4, -0.2) is 24.5 Å². The van der Waals surface area contributed by atoms with E-state index < -0.39 is 0 Å². The van der Waals surface area contributed by atoms with Gasteiger partial charge in [0.05, 0.1) is 5.51 Å². The van der Waals surface area contributed by atoms with Gasteiger partial charge in [0.1, 0.15) is 4.88 Å². The highest BCUT2D eigenvalue weighted by atomic mass is 35.5. The lowest BCUT2D eigenvalue weighted by Crippen LogP contribution is -1.74. The average Bonchev–Trinajstić information content (AvgIpc) is 2.76. The zero-order valence-electron chi connectivity index (χ0n) is 7.03. The first-order valence-corrected chi connectivity index (χ1v) is 5.22. The quantitative estimate of drug-likeness (QED) is 0.681. The van der Waals surface area contributed by atoms with E-state index in [0.29, 0.717) is 16.3 Å². The molecule has 0 aromatic carbocycles. The molecule has 0 unspecified atom stereocenters. The van der Waals surface area contributed by atoms with Crippen LogP contribution < -0.4 is 0 Å². The molecule has 0 N–H and O–H groups in total. The Labute approximate surface area is 85.7 Å². The van der Waals surface area contributed by atoms with E-state index in [4.69, 9.17) is 16.3 Å². The van der Waals surface area contributed by atoms with E-state index in [0.717, 1.165) is 13.2 Å². The molecule has 2 heterocycles. The van der Waals surface area contributed by atoms with Crippen molar-refractivity contribution >= 4 is 29.2 Å². The van der Waals surface area contributed by atoms with E-state index >= 15 is 0 Å². The summed E-state index contributed by atoms with van der Waals surface area (Å²) in [4.78, 5) is 14.1. The van der Waals surface area contributed by atoms with Crippen LogP contribution in [-0.2, 0) is 4.74 Å². The molecule has 0 bridgehead atoms. The molecule has 1 aliphatic rings. The number of ether oxygens (including phenoxy) is 1. The first kappa shape index (κ1) is 10.6. The monoisotopic (exact) mass is 219 g/mol. The van der Waals surface area contributed by atoms with Gasteiger partial charge in [-0.15, -0.1) is 11.3 Å². The number of nitrogens with zero attached hydrogens (tertiary/aromatic N) is 1. The molecule has 1 aromatic rings. The van der Waals surface area contributed by atoms with E-state index in [1.807, 2.05) is 0 Å². The van der Waals surface area contributed by atoms with Crippen molar-refractivity contribution in [1.29, 1.82) is 0 Å². The smallest absolute Gasteiger partial charge is 0.163 e. The maximum absolute atomic E-state index is 9.97. The Hall–Kier alpha value is -0.450. The van der Waals surface area contributed by atoms with Crippen molar-refractivity contribution in [3.63, 3.8) is 0 Å². The molecule has 5 heteroatoms. The third-order valence-corrected chi connectivity index (χ3v) is 2.65. The van der Waals surface area contributed by atoms with Gasteiger partial charge in [0.15, 0.2) is 11.4 Å². The van der Waals surface area contributed by atoms with Gasteiger partial charge in [-0.2, -0.15) is 0 Å². The van der Waals surface area contributed by atoms with Gasteiger partial charge in [0.2, 0.25) is 0 Å². The largest absolute Gasteiger partial charge is 0.381 e. The number of aromatic nitrogens is 1. The molecule has 1 fully saturated rings. The second-order valence-electron chi connectivity index (χ2n) is 2.44. The molecule has 0 saturated carbocycles. The third kappa shape index (κ3) is 3.85. The minimum Gasteiger partial charge on any atom is -0.381 e. The number of rotatable bonds is 1. The van der Waals surface area contributed by atoms with Crippen molar-refractivity contribution in [3.8, 4) is 0 Å². The number of carbonyl (C=O) groups is 1. The highest BCUT2D eigenvalue weighted by molar-refractivity contribution is 7.11. The molecule has 1 saturated heterocycles. The fourth-order valence-electron chi connectivity index (χ4n) is 0.828. The summed E-state index contributed by atoms with van der Waals surface area (Å²) in [5.74, 6) is 0. The van der Waals surface area contributed by atoms with Crippen LogP contribution in [0.4, 0.5) is 0 Å². The molecule has 0 amide bonds. The summed E-state index contributed by atoms with van der Waals surface area (Å²) in [6, 6.07) is 0. The molecule has 0 spiro atoms. The van der Waals surface area contributed by atoms with E-state index in [9.17, 15) is 4.79 Å². The van der Waals surface area contributed by atoms with Crippen LogP contribution in [0.15, 0.2) is 5.51 Å². The van der Waals surface area contributed by atoms with Gasteiger partial charge in [-0.1, -0.05) is 11.6 Å². The van der Waals surface area contributed by atoms with E-state index in [1.165, 1.54) is 29.7 Å². The van der Waals surface area contributed by atoms with E-state index in [2.05, 4.69) is 4.98 Å². The number of thiazole rings is 1. The normalized spacial score (nSPS) is 14.8. The Balaban J connectivity index is 0.000000145. The Bertz CT molecular complexity index is 253. The van der Waals surface area contributed by atoms with Gasteiger partial charge in [0, 0.05) is 13.2 Å². The summed E-state index contributed by atoms with van der Waals surface area (Å²) in [7, 11) is 0. The lowest BCUT2D eigenvalue weighted by atomic mass is 10.4. The summed E-state index contributed by atoms with van der Waals surface area (Å²) in [6.45, 7) is 2.00. The molecular weight excluding hydrogens is 210 g/mol. The molecular formula is C8H10ClNO2S. The predicted molar refractivity (Wildman–Crippen MR) is 52.6 cm³/mol. The number of hydrogen-bond donors (Lipinski definition) is 0. The molecule has 1 aromatic heterocycles. The Morgan fingerprint density at radius 1 is 1.54 bits per heavy atom. The summed E-state index contributed by atoms with van der Waals surface area (Å²) in [5.41, 5.74) is 1.53. The first-order valence-electron chi connectivity index (χ1n) is 3.96. The van der Waals surface area contributed by atoms with Crippen molar-refractivity contribution in [2.24, 2.45) is 0 Å². The van der Waals surface area contributed by atoms with Crippen molar-refractivity contribution in [2.45, 2.75) is 12.8 Å². The standard InChI is InChI=1S/C4H2ClNOS.C4H8O/c5-4-3(1-7)8-2-6-4;1-2-4-5-3-1/h1-2H;1-4H2. The number of hydrogen-bond acceptors (Lipinski definition) is 4. The van der Waals surface area contributed by atoms with Crippen molar-refractivity contribution in [3.05, 3.63) is 15.5 Å². The lowest BCUT2D eigenvalue weighted by molar-refractivity contribution is 0.112. The van der Waals surface area contributed by atoms with Crippen molar-refractivity contribution < 1.29 is 9.53 Å². The Morgan fingerprint density at radius 3 is 2.46 bits per heavy atom. The van der Waals surface area contributed by atoms with Gasteiger partial charge in [0.25, 0.3) is 0 Å². The molecule has 0 radical (unpaired) electrons. The molecule has 0 aliphatic carbocycles. The van der Waals surface area contributed by atoms with Gasteiger partial charge in [-0.3, -0.25) is 4.79 Å². The minimum atomic E-state index is 0.296.